The Morgan fingerprint density at radius 1 is 1.10 bits per heavy atom. The van der Waals surface area contributed by atoms with Gasteiger partial charge < -0.3 is 15.0 Å². The predicted octanol–water partition coefficient (Wildman–Crippen LogP) is 4.38. The molecule has 0 spiro atoms. The van der Waals surface area contributed by atoms with Crippen molar-refractivity contribution < 1.29 is 13.2 Å². The molecule has 1 saturated heterocycles. The summed E-state index contributed by atoms with van der Waals surface area (Å²) in [6, 6.07) is 8.86. The average molecular weight is 452 g/mol. The molecule has 1 heterocycles. The number of morpholine rings is 1. The molecule has 2 aliphatic rings. The first-order valence-corrected chi connectivity index (χ1v) is 13.6. The van der Waals surface area contributed by atoms with Crippen LogP contribution in [0.4, 0.5) is 11.4 Å². The van der Waals surface area contributed by atoms with Gasteiger partial charge in [-0.3, -0.25) is 0 Å². The molecule has 7 heteroatoms. The summed E-state index contributed by atoms with van der Waals surface area (Å²) in [6.45, 7) is 11.5. The average Bonchev–Trinajstić information content (AvgIpc) is 2.78. The summed E-state index contributed by atoms with van der Waals surface area (Å²) in [7, 11) is -3.17. The Morgan fingerprint density at radius 3 is 2.32 bits per heavy atom. The Bertz CT molecular complexity index is 783. The third-order valence-corrected chi connectivity index (χ3v) is 9.07. The lowest BCUT2D eigenvalue weighted by Gasteiger charge is -2.43. The van der Waals surface area contributed by atoms with Gasteiger partial charge in [-0.25, -0.2) is 13.1 Å². The molecule has 6 nitrogen and oxygen atoms in total. The molecule has 3 rings (SSSR count). The Balaban J connectivity index is 1.45. The van der Waals surface area contributed by atoms with Crippen LogP contribution >= 0.6 is 0 Å². The van der Waals surface area contributed by atoms with Crippen molar-refractivity contribution in [3.63, 3.8) is 0 Å². The summed E-state index contributed by atoms with van der Waals surface area (Å²) < 4.78 is 33.1. The van der Waals surface area contributed by atoms with E-state index in [1.54, 1.807) is 13.8 Å². The molecule has 1 aliphatic carbocycles. The number of nitrogens with zero attached hydrogens (tertiary/aromatic N) is 1. The number of anilines is 2. The van der Waals surface area contributed by atoms with E-state index in [0.717, 1.165) is 70.5 Å². The maximum Gasteiger partial charge on any atom is 0.214 e. The highest BCUT2D eigenvalue weighted by Crippen LogP contribution is 2.30. The van der Waals surface area contributed by atoms with E-state index in [0.29, 0.717) is 5.92 Å². The number of ether oxygens (including phenoxy) is 1. The lowest BCUT2D eigenvalue weighted by atomic mass is 9.86. The van der Waals surface area contributed by atoms with Crippen molar-refractivity contribution >= 4 is 21.4 Å². The van der Waals surface area contributed by atoms with Gasteiger partial charge in [-0.05, 0) is 82.6 Å². The van der Waals surface area contributed by atoms with Gasteiger partial charge in [-0.1, -0.05) is 13.8 Å². The second-order valence-electron chi connectivity index (χ2n) is 9.52. The number of benzene rings is 1. The van der Waals surface area contributed by atoms with E-state index in [-0.39, 0.29) is 16.9 Å². The third-order valence-electron chi connectivity index (χ3n) is 7.16. The van der Waals surface area contributed by atoms with Gasteiger partial charge in [-0.15, -0.1) is 0 Å². The SMILES string of the molecule is CCC1(CC)CN(c2ccc(NCC3CCC(NS(=O)(=O)C(C)C)CC3)cc2)CCO1. The minimum atomic E-state index is -3.17. The predicted molar refractivity (Wildman–Crippen MR) is 129 cm³/mol. The number of nitrogens with one attached hydrogen (secondary N) is 2. The molecule has 1 saturated carbocycles. The lowest BCUT2D eigenvalue weighted by Crippen LogP contribution is -2.51. The minimum absolute atomic E-state index is 0.0165. The summed E-state index contributed by atoms with van der Waals surface area (Å²) >= 11 is 0. The van der Waals surface area contributed by atoms with E-state index in [9.17, 15) is 8.42 Å². The van der Waals surface area contributed by atoms with E-state index in [1.807, 2.05) is 0 Å². The normalized spacial score (nSPS) is 24.4. The van der Waals surface area contributed by atoms with Gasteiger partial charge in [0.05, 0.1) is 17.5 Å². The topological polar surface area (TPSA) is 70.7 Å². The molecule has 0 bridgehead atoms. The Kier molecular flexibility index (Phi) is 8.27. The van der Waals surface area contributed by atoms with Crippen molar-refractivity contribution in [2.24, 2.45) is 5.92 Å². The van der Waals surface area contributed by atoms with Crippen LogP contribution in [0.15, 0.2) is 24.3 Å². The van der Waals surface area contributed by atoms with E-state index in [4.69, 9.17) is 4.74 Å². The van der Waals surface area contributed by atoms with Crippen molar-refractivity contribution in [3.05, 3.63) is 24.3 Å². The maximum atomic E-state index is 12.1. The fourth-order valence-electron chi connectivity index (χ4n) is 4.65. The second kappa shape index (κ2) is 10.5. The molecule has 1 aromatic carbocycles. The molecule has 0 atom stereocenters. The van der Waals surface area contributed by atoms with Crippen molar-refractivity contribution in [1.82, 2.24) is 4.72 Å². The summed E-state index contributed by atoms with van der Waals surface area (Å²) in [4.78, 5) is 2.44. The highest BCUT2D eigenvalue weighted by atomic mass is 32.2. The van der Waals surface area contributed by atoms with Gasteiger partial charge in [0.25, 0.3) is 0 Å². The summed E-state index contributed by atoms with van der Waals surface area (Å²) in [5.41, 5.74) is 2.40. The van der Waals surface area contributed by atoms with Crippen LogP contribution < -0.4 is 14.9 Å². The first-order chi connectivity index (χ1) is 14.8. The van der Waals surface area contributed by atoms with Gasteiger partial charge >= 0.3 is 0 Å². The summed E-state index contributed by atoms with van der Waals surface area (Å²) in [5, 5.41) is 3.21. The van der Waals surface area contributed by atoms with Gasteiger partial charge in [0, 0.05) is 37.1 Å². The standard InChI is InChI=1S/C24H41N3O3S/c1-5-24(6-2)18-27(15-16-30-24)23-13-11-21(12-14-23)25-17-20-7-9-22(10-8-20)26-31(28,29)19(3)4/h11-14,19-20,22,25-26H,5-10,15-18H2,1-4H3. The van der Waals surface area contributed by atoms with Crippen LogP contribution in [0.1, 0.15) is 66.2 Å². The molecule has 176 valence electrons. The zero-order valence-electron chi connectivity index (χ0n) is 19.7. The molecule has 1 aromatic rings. The molecular weight excluding hydrogens is 410 g/mol. The monoisotopic (exact) mass is 451 g/mol. The van der Waals surface area contributed by atoms with Crippen LogP contribution in [-0.2, 0) is 14.8 Å². The van der Waals surface area contributed by atoms with Crippen molar-refractivity contribution in [3.8, 4) is 0 Å². The van der Waals surface area contributed by atoms with Crippen LogP contribution in [0, 0.1) is 5.92 Å². The van der Waals surface area contributed by atoms with E-state index in [1.165, 1.54) is 5.69 Å². The number of rotatable bonds is 9. The smallest absolute Gasteiger partial charge is 0.214 e. The van der Waals surface area contributed by atoms with Crippen LogP contribution in [0.25, 0.3) is 0 Å². The Morgan fingerprint density at radius 2 is 1.74 bits per heavy atom. The van der Waals surface area contributed by atoms with E-state index < -0.39 is 10.0 Å². The van der Waals surface area contributed by atoms with Crippen LogP contribution in [0.3, 0.4) is 0 Å². The molecule has 0 radical (unpaired) electrons. The number of sulfonamides is 1. The van der Waals surface area contributed by atoms with Crippen molar-refractivity contribution in [2.45, 2.75) is 83.1 Å². The van der Waals surface area contributed by atoms with Gasteiger partial charge in [-0.2, -0.15) is 0 Å². The van der Waals surface area contributed by atoms with E-state index in [2.05, 4.69) is 53.1 Å². The minimum Gasteiger partial charge on any atom is -0.385 e. The molecule has 0 unspecified atom stereocenters. The highest BCUT2D eigenvalue weighted by molar-refractivity contribution is 7.90. The van der Waals surface area contributed by atoms with Crippen molar-refractivity contribution in [2.75, 3.05) is 36.5 Å². The number of hydrogen-bond acceptors (Lipinski definition) is 5. The quantitative estimate of drug-likeness (QED) is 0.583. The summed E-state index contributed by atoms with van der Waals surface area (Å²) in [5.74, 6) is 0.591. The highest BCUT2D eigenvalue weighted by Gasteiger charge is 2.33. The molecule has 1 aliphatic heterocycles. The van der Waals surface area contributed by atoms with E-state index >= 15 is 0 Å². The fourth-order valence-corrected chi connectivity index (χ4v) is 5.62. The zero-order chi connectivity index (χ0) is 22.5. The largest absolute Gasteiger partial charge is 0.385 e. The third kappa shape index (κ3) is 6.36. The molecular formula is C24H41N3O3S. The van der Waals surface area contributed by atoms with Crippen molar-refractivity contribution in [1.29, 1.82) is 0 Å². The van der Waals surface area contributed by atoms with Gasteiger partial charge in [0.2, 0.25) is 10.0 Å². The fraction of sp³-hybridized carbons (Fsp3) is 0.750. The number of hydrogen-bond donors (Lipinski definition) is 2. The van der Waals surface area contributed by atoms with Gasteiger partial charge in [0.15, 0.2) is 0 Å². The molecule has 2 N–H and O–H groups in total. The molecule has 0 amide bonds. The summed E-state index contributed by atoms with van der Waals surface area (Å²) in [6.07, 6.45) is 6.04. The molecule has 31 heavy (non-hydrogen) atoms. The lowest BCUT2D eigenvalue weighted by molar-refractivity contribution is -0.0604. The zero-order valence-corrected chi connectivity index (χ0v) is 20.5. The van der Waals surface area contributed by atoms with Crippen LogP contribution in [0.5, 0.6) is 0 Å². The Labute approximate surface area is 189 Å². The first-order valence-electron chi connectivity index (χ1n) is 12.0. The van der Waals surface area contributed by atoms with Crippen LogP contribution in [0.2, 0.25) is 0 Å². The second-order valence-corrected chi connectivity index (χ2v) is 11.8. The molecule has 2 fully saturated rings. The van der Waals surface area contributed by atoms with Gasteiger partial charge in [0.1, 0.15) is 0 Å². The Hall–Kier alpha value is -1.31. The van der Waals surface area contributed by atoms with Crippen LogP contribution in [-0.4, -0.2) is 51.6 Å². The molecule has 0 aromatic heterocycles. The first kappa shape index (κ1) is 24.3. The maximum absolute atomic E-state index is 12.1.